The van der Waals surface area contributed by atoms with Gasteiger partial charge in [0, 0.05) is 17.3 Å². The van der Waals surface area contributed by atoms with E-state index in [2.05, 4.69) is 5.32 Å². The molecule has 0 aliphatic carbocycles. The summed E-state index contributed by atoms with van der Waals surface area (Å²) in [5.74, 6) is -1.15. The molecule has 2 aromatic carbocycles. The van der Waals surface area contributed by atoms with E-state index in [0.29, 0.717) is 5.69 Å². The molecule has 0 aliphatic heterocycles. The van der Waals surface area contributed by atoms with Crippen LogP contribution >= 0.6 is 0 Å². The average molecular weight is 403 g/mol. The number of hydrogen-bond donors (Lipinski definition) is 1. The third kappa shape index (κ3) is 6.56. The first-order valence-electron chi connectivity index (χ1n) is 8.79. The molecule has 9 heteroatoms. The molecule has 29 heavy (non-hydrogen) atoms. The largest absolute Gasteiger partial charge is 0.484 e. The highest BCUT2D eigenvalue weighted by atomic mass is 19.1. The van der Waals surface area contributed by atoms with Gasteiger partial charge in [-0.2, -0.15) is 0 Å². The molecule has 2 amide bonds. The van der Waals surface area contributed by atoms with Crippen LogP contribution in [0.5, 0.6) is 5.75 Å². The van der Waals surface area contributed by atoms with Gasteiger partial charge in [0.2, 0.25) is 5.91 Å². The number of hydrogen-bond acceptors (Lipinski definition) is 5. The van der Waals surface area contributed by atoms with Crippen LogP contribution < -0.4 is 10.1 Å². The highest BCUT2D eigenvalue weighted by Crippen LogP contribution is 2.20. The molecule has 0 heterocycles. The average Bonchev–Trinajstić information content (AvgIpc) is 2.65. The molecule has 0 bridgehead atoms. The summed E-state index contributed by atoms with van der Waals surface area (Å²) in [6.45, 7) is 4.68. The number of benzene rings is 2. The first-order valence-corrected chi connectivity index (χ1v) is 8.79. The molecule has 0 radical (unpaired) electrons. The van der Waals surface area contributed by atoms with Gasteiger partial charge in [0.15, 0.2) is 6.61 Å². The van der Waals surface area contributed by atoms with Gasteiger partial charge in [0.05, 0.1) is 11.0 Å². The van der Waals surface area contributed by atoms with E-state index < -0.39 is 28.1 Å². The summed E-state index contributed by atoms with van der Waals surface area (Å²) in [6, 6.07) is 10.8. The van der Waals surface area contributed by atoms with E-state index in [1.165, 1.54) is 53.4 Å². The Kier molecular flexibility index (Phi) is 6.87. The standard InChI is InChI=1S/C20H22FN3O5/c1-20(2,3)23(12-18(25)22-15-9-7-14(21)8-10-15)19(26)13-29-17-6-4-5-16(11-17)24(27)28/h4-11H,12-13H2,1-3H3,(H,22,25). The normalized spacial score (nSPS) is 10.9. The van der Waals surface area contributed by atoms with Crippen LogP contribution in [0.1, 0.15) is 20.8 Å². The maximum Gasteiger partial charge on any atom is 0.273 e. The van der Waals surface area contributed by atoms with E-state index in [-0.39, 0.29) is 24.6 Å². The lowest BCUT2D eigenvalue weighted by Gasteiger charge is -2.35. The fraction of sp³-hybridized carbons (Fsp3) is 0.300. The zero-order valence-corrected chi connectivity index (χ0v) is 16.3. The summed E-state index contributed by atoms with van der Waals surface area (Å²) in [6.07, 6.45) is 0. The Labute approximate surface area is 167 Å². The Morgan fingerprint density at radius 1 is 1.17 bits per heavy atom. The molecule has 1 N–H and O–H groups in total. The number of carbonyl (C=O) groups is 2. The smallest absolute Gasteiger partial charge is 0.273 e. The van der Waals surface area contributed by atoms with E-state index in [1.807, 2.05) is 0 Å². The molecule has 0 saturated carbocycles. The number of halogens is 1. The molecular weight excluding hydrogens is 381 g/mol. The second-order valence-electron chi connectivity index (χ2n) is 7.25. The lowest BCUT2D eigenvalue weighted by Crippen LogP contribution is -2.51. The van der Waals surface area contributed by atoms with Crippen molar-refractivity contribution in [2.75, 3.05) is 18.5 Å². The van der Waals surface area contributed by atoms with Crippen molar-refractivity contribution in [1.82, 2.24) is 4.90 Å². The summed E-state index contributed by atoms with van der Waals surface area (Å²) >= 11 is 0. The van der Waals surface area contributed by atoms with Gasteiger partial charge in [-0.25, -0.2) is 4.39 Å². The van der Waals surface area contributed by atoms with Crippen LogP contribution in [0.4, 0.5) is 15.8 Å². The number of nitro benzene ring substituents is 1. The Bertz CT molecular complexity index is 894. The van der Waals surface area contributed by atoms with Crippen LogP contribution in [-0.2, 0) is 9.59 Å². The summed E-state index contributed by atoms with van der Waals surface area (Å²) in [7, 11) is 0. The van der Waals surface area contributed by atoms with Gasteiger partial charge in [-0.1, -0.05) is 6.07 Å². The van der Waals surface area contributed by atoms with Gasteiger partial charge >= 0.3 is 0 Å². The molecule has 154 valence electrons. The number of non-ortho nitro benzene ring substituents is 1. The van der Waals surface area contributed by atoms with Crippen LogP contribution in [0.3, 0.4) is 0 Å². The van der Waals surface area contributed by atoms with E-state index in [0.717, 1.165) is 0 Å². The number of nitrogens with one attached hydrogen (secondary N) is 1. The molecular formula is C20H22FN3O5. The summed E-state index contributed by atoms with van der Waals surface area (Å²) < 4.78 is 18.4. The van der Waals surface area contributed by atoms with Crippen molar-refractivity contribution >= 4 is 23.2 Å². The zero-order chi connectivity index (χ0) is 21.6. The monoisotopic (exact) mass is 403 g/mol. The molecule has 0 aromatic heterocycles. The van der Waals surface area contributed by atoms with Gasteiger partial charge < -0.3 is 15.0 Å². The summed E-state index contributed by atoms with van der Waals surface area (Å²) in [4.78, 5) is 36.6. The number of rotatable bonds is 7. The maximum absolute atomic E-state index is 13.0. The highest BCUT2D eigenvalue weighted by molar-refractivity contribution is 5.94. The van der Waals surface area contributed by atoms with Gasteiger partial charge in [-0.15, -0.1) is 0 Å². The molecule has 0 atom stereocenters. The third-order valence-corrected chi connectivity index (χ3v) is 3.93. The van der Waals surface area contributed by atoms with Crippen molar-refractivity contribution in [2.45, 2.75) is 26.3 Å². The first kappa shape index (κ1) is 21.8. The van der Waals surface area contributed by atoms with Crippen molar-refractivity contribution in [3.05, 3.63) is 64.5 Å². The molecule has 8 nitrogen and oxygen atoms in total. The molecule has 2 rings (SSSR count). The second-order valence-corrected chi connectivity index (χ2v) is 7.25. The van der Waals surface area contributed by atoms with Gasteiger partial charge in [-0.05, 0) is 51.1 Å². The zero-order valence-electron chi connectivity index (χ0n) is 16.3. The lowest BCUT2D eigenvalue weighted by atomic mass is 10.1. The topological polar surface area (TPSA) is 102 Å². The molecule has 0 aliphatic rings. The van der Waals surface area contributed by atoms with Crippen LogP contribution in [0, 0.1) is 15.9 Å². The van der Waals surface area contributed by atoms with Crippen LogP contribution in [-0.4, -0.2) is 40.3 Å². The third-order valence-electron chi connectivity index (χ3n) is 3.93. The molecule has 0 saturated heterocycles. The van der Waals surface area contributed by atoms with Gasteiger partial charge in [0.1, 0.15) is 18.1 Å². The maximum atomic E-state index is 13.0. The SMILES string of the molecule is CC(C)(C)N(CC(=O)Nc1ccc(F)cc1)C(=O)COc1cccc([N+](=O)[O-])c1. The Hall–Kier alpha value is -3.49. The quantitative estimate of drug-likeness (QED) is 0.564. The van der Waals surface area contributed by atoms with E-state index in [4.69, 9.17) is 4.74 Å². The van der Waals surface area contributed by atoms with Gasteiger partial charge in [-0.3, -0.25) is 19.7 Å². The minimum Gasteiger partial charge on any atom is -0.484 e. The number of carbonyl (C=O) groups excluding carboxylic acids is 2. The Balaban J connectivity index is 2.02. The fourth-order valence-electron chi connectivity index (χ4n) is 2.49. The molecule has 0 unspecified atom stereocenters. The molecule has 0 spiro atoms. The number of anilines is 1. The van der Waals surface area contributed by atoms with Crippen molar-refractivity contribution in [1.29, 1.82) is 0 Å². The van der Waals surface area contributed by atoms with Crippen molar-refractivity contribution in [2.24, 2.45) is 0 Å². The first-order chi connectivity index (χ1) is 13.6. The molecule has 2 aromatic rings. The number of nitrogens with zero attached hydrogens (tertiary/aromatic N) is 2. The lowest BCUT2D eigenvalue weighted by molar-refractivity contribution is -0.384. The van der Waals surface area contributed by atoms with Crippen LogP contribution in [0.2, 0.25) is 0 Å². The predicted molar refractivity (Wildman–Crippen MR) is 105 cm³/mol. The highest BCUT2D eigenvalue weighted by Gasteiger charge is 2.29. The Morgan fingerprint density at radius 2 is 1.83 bits per heavy atom. The summed E-state index contributed by atoms with van der Waals surface area (Å²) in [5, 5.41) is 13.4. The van der Waals surface area contributed by atoms with Crippen molar-refractivity contribution in [3.8, 4) is 5.75 Å². The van der Waals surface area contributed by atoms with Crippen LogP contribution in [0.25, 0.3) is 0 Å². The van der Waals surface area contributed by atoms with Crippen molar-refractivity contribution in [3.63, 3.8) is 0 Å². The van der Waals surface area contributed by atoms with E-state index >= 15 is 0 Å². The predicted octanol–water partition coefficient (Wildman–Crippen LogP) is 3.38. The van der Waals surface area contributed by atoms with E-state index in [9.17, 15) is 24.1 Å². The molecule has 0 fully saturated rings. The van der Waals surface area contributed by atoms with E-state index in [1.54, 1.807) is 20.8 Å². The fourth-order valence-corrected chi connectivity index (χ4v) is 2.49. The van der Waals surface area contributed by atoms with Gasteiger partial charge in [0.25, 0.3) is 11.6 Å². The summed E-state index contributed by atoms with van der Waals surface area (Å²) in [5.41, 5.74) is -0.421. The van der Waals surface area contributed by atoms with Crippen LogP contribution in [0.15, 0.2) is 48.5 Å². The number of nitro groups is 1. The van der Waals surface area contributed by atoms with Crippen molar-refractivity contribution < 1.29 is 23.6 Å². The Morgan fingerprint density at radius 3 is 2.41 bits per heavy atom. The number of ether oxygens (including phenoxy) is 1. The second kappa shape index (κ2) is 9.13. The minimum absolute atomic E-state index is 0.152. The minimum atomic E-state index is -0.677. The number of amides is 2.